The first-order valence-electron chi connectivity index (χ1n) is 23.0. The molecule has 4 rings (SSSR count). The molecular weight excluding hydrogens is 891 g/mol. The highest BCUT2D eigenvalue weighted by Gasteiger charge is 2.47. The molecule has 0 radical (unpaired) electrons. The van der Waals surface area contributed by atoms with E-state index in [2.05, 4.69) is 48.5 Å². The number of thioether (sulfide) groups is 4. The molecule has 3 unspecified atom stereocenters. The van der Waals surface area contributed by atoms with Crippen LogP contribution in [0.3, 0.4) is 0 Å². The maximum Gasteiger partial charge on any atom is 0.345 e. The lowest BCUT2D eigenvalue weighted by atomic mass is 9.84. The molecule has 1 fully saturated rings. The maximum absolute atomic E-state index is 14.2. The summed E-state index contributed by atoms with van der Waals surface area (Å²) in [5.41, 5.74) is 5.51. The highest BCUT2D eigenvalue weighted by Crippen LogP contribution is 2.69. The largest absolute Gasteiger partial charge is 0.462 e. The zero-order valence-corrected chi connectivity index (χ0v) is 43.4. The van der Waals surface area contributed by atoms with E-state index in [1.165, 1.54) is 10.0 Å². The highest BCUT2D eigenvalue weighted by atomic mass is 32.2. The predicted molar refractivity (Wildman–Crippen MR) is 258 cm³/mol. The van der Waals surface area contributed by atoms with Gasteiger partial charge in [-0.15, -0.1) is 0 Å². The number of hydrogen-bond donors (Lipinski definition) is 1. The zero-order chi connectivity index (χ0) is 47.7. The molecule has 356 valence electrons. The standard InChI is InChI=1S/C48H71N3O9S4/c1-13-17-20-30(16-4)27-58-44(57)33(41(49)54)45-61-37-35(59-31(52)23-28(5)25-47(7,8)9)39-40(36(38(37)62-45)60-32(53)24-29(6)26-48(10,11)12)64-46(63-39)34-42(55)50(21-18-14-2)51(43(34)56)22-19-15-3/h28-30H,13-27H2,1-12H3,(H2,49,54). The average molecular weight is 962 g/mol. The molecular formula is C48H71N3O9S4. The quantitative estimate of drug-likeness (QED) is 0.0384. The van der Waals surface area contributed by atoms with Crippen LogP contribution in [0.1, 0.15) is 160 Å². The summed E-state index contributed by atoms with van der Waals surface area (Å²) in [6, 6.07) is 0. The third-order valence-corrected chi connectivity index (χ3v) is 16.1. The van der Waals surface area contributed by atoms with Crippen molar-refractivity contribution in [1.82, 2.24) is 10.0 Å². The summed E-state index contributed by atoms with van der Waals surface area (Å²) < 4.78 is 19.0. The van der Waals surface area contributed by atoms with Crippen molar-refractivity contribution in [2.75, 3.05) is 19.7 Å². The van der Waals surface area contributed by atoms with Crippen LogP contribution in [0.15, 0.2) is 39.2 Å². The average Bonchev–Trinajstić information content (AvgIpc) is 3.87. The second-order valence-electron chi connectivity index (χ2n) is 19.7. The smallest absolute Gasteiger partial charge is 0.345 e. The monoisotopic (exact) mass is 961 g/mol. The van der Waals surface area contributed by atoms with Crippen molar-refractivity contribution in [2.45, 2.75) is 180 Å². The number of ether oxygens (including phenoxy) is 3. The van der Waals surface area contributed by atoms with Crippen molar-refractivity contribution in [3.63, 3.8) is 0 Å². The Labute approximate surface area is 398 Å². The van der Waals surface area contributed by atoms with Crippen LogP contribution in [0, 0.1) is 28.6 Å². The molecule has 0 bridgehead atoms. The van der Waals surface area contributed by atoms with Crippen molar-refractivity contribution in [2.24, 2.45) is 34.3 Å². The molecule has 0 aliphatic carbocycles. The maximum atomic E-state index is 14.2. The van der Waals surface area contributed by atoms with Gasteiger partial charge in [0, 0.05) is 25.9 Å². The number of hydrazine groups is 1. The number of unbranched alkanes of at least 4 members (excludes halogenated alkanes) is 3. The van der Waals surface area contributed by atoms with E-state index in [1.54, 1.807) is 0 Å². The molecule has 2 N–H and O–H groups in total. The summed E-state index contributed by atoms with van der Waals surface area (Å²) in [7, 11) is 0. The van der Waals surface area contributed by atoms with Crippen LogP contribution in [0.2, 0.25) is 0 Å². The minimum Gasteiger partial charge on any atom is -0.462 e. The summed E-state index contributed by atoms with van der Waals surface area (Å²) in [5.74, 6) is -3.37. The Balaban J connectivity index is 1.93. The molecule has 0 saturated carbocycles. The Bertz CT molecular complexity index is 1890. The number of nitrogens with zero attached hydrogens (tertiary/aromatic N) is 2. The molecule has 0 spiro atoms. The Morgan fingerprint density at radius 1 is 0.656 bits per heavy atom. The van der Waals surface area contributed by atoms with Crippen molar-refractivity contribution < 1.29 is 43.0 Å². The number of fused-ring (bicyclic) bond motifs is 2. The molecule has 3 heterocycles. The van der Waals surface area contributed by atoms with E-state index in [4.69, 9.17) is 19.9 Å². The van der Waals surface area contributed by atoms with Gasteiger partial charge in [0.2, 0.25) is 0 Å². The van der Waals surface area contributed by atoms with Crippen LogP contribution < -0.4 is 15.2 Å². The molecule has 0 aromatic heterocycles. The molecule has 64 heavy (non-hydrogen) atoms. The van der Waals surface area contributed by atoms with Gasteiger partial charge in [-0.25, -0.2) is 14.8 Å². The summed E-state index contributed by atoms with van der Waals surface area (Å²) in [6.45, 7) is 25.7. The van der Waals surface area contributed by atoms with Gasteiger partial charge in [-0.2, -0.15) is 0 Å². The minimum absolute atomic E-state index is 0.00897. The fourth-order valence-electron chi connectivity index (χ4n) is 8.16. The van der Waals surface area contributed by atoms with E-state index in [0.29, 0.717) is 49.8 Å². The lowest BCUT2D eigenvalue weighted by Gasteiger charge is -2.27. The zero-order valence-electron chi connectivity index (χ0n) is 40.1. The van der Waals surface area contributed by atoms with E-state index in [0.717, 1.165) is 98.4 Å². The van der Waals surface area contributed by atoms with Gasteiger partial charge in [-0.3, -0.25) is 24.0 Å². The number of rotatable bonds is 22. The summed E-state index contributed by atoms with van der Waals surface area (Å²) >= 11 is 4.27. The van der Waals surface area contributed by atoms with Crippen LogP contribution in [0.4, 0.5) is 0 Å². The summed E-state index contributed by atoms with van der Waals surface area (Å²) in [4.78, 5) is 84.9. The first kappa shape index (κ1) is 53.5. The molecule has 16 heteroatoms. The molecule has 3 amide bonds. The van der Waals surface area contributed by atoms with Gasteiger partial charge >= 0.3 is 17.9 Å². The van der Waals surface area contributed by atoms with Gasteiger partial charge in [0.15, 0.2) is 11.5 Å². The van der Waals surface area contributed by atoms with E-state index >= 15 is 0 Å². The molecule has 1 aromatic rings. The van der Waals surface area contributed by atoms with Crippen molar-refractivity contribution in [1.29, 1.82) is 0 Å². The van der Waals surface area contributed by atoms with Gasteiger partial charge in [0.25, 0.3) is 17.7 Å². The highest BCUT2D eigenvalue weighted by molar-refractivity contribution is 8.26. The Hall–Kier alpha value is -3.08. The Kier molecular flexibility index (Phi) is 19.7. The van der Waals surface area contributed by atoms with Gasteiger partial charge in [-0.1, -0.05) is 162 Å². The fourth-order valence-corrected chi connectivity index (χ4v) is 13.7. The first-order valence-corrected chi connectivity index (χ1v) is 26.3. The third-order valence-electron chi connectivity index (χ3n) is 10.9. The normalized spacial score (nSPS) is 16.5. The number of carbonyl (C=O) groups excluding carboxylic acids is 6. The molecule has 3 aliphatic heterocycles. The molecule has 3 atom stereocenters. The molecule has 1 aromatic carbocycles. The van der Waals surface area contributed by atoms with Crippen molar-refractivity contribution >= 4 is 82.7 Å². The summed E-state index contributed by atoms with van der Waals surface area (Å²) in [5, 5.41) is 3.06. The van der Waals surface area contributed by atoms with E-state index in [9.17, 15) is 28.8 Å². The lowest BCUT2D eigenvalue weighted by Crippen LogP contribution is -2.42. The SMILES string of the molecule is CCCCC(CC)COC(=O)C(C(N)=O)=C1Sc2c(OC(=O)CC(C)CC(C)(C)C)c3c(c(OC(=O)CC(C)CC(C)(C)C)c2S1)SC(=C1C(=O)N(CCCC)N(CCCC)C1=O)S3. The second kappa shape index (κ2) is 23.6. The Morgan fingerprint density at radius 3 is 1.45 bits per heavy atom. The predicted octanol–water partition coefficient (Wildman–Crippen LogP) is 11.7. The van der Waals surface area contributed by atoms with Crippen LogP contribution in [0.25, 0.3) is 0 Å². The molecule has 3 aliphatic rings. The topological polar surface area (TPSA) is 163 Å². The number of benzene rings is 1. The molecule has 12 nitrogen and oxygen atoms in total. The fraction of sp³-hybridized carbons (Fsp3) is 0.667. The Morgan fingerprint density at radius 2 is 1.08 bits per heavy atom. The number of nitrogens with two attached hydrogens (primary N) is 1. The van der Waals surface area contributed by atoms with Crippen molar-refractivity contribution in [3.8, 4) is 11.5 Å². The van der Waals surface area contributed by atoms with Crippen molar-refractivity contribution in [3.05, 3.63) is 19.6 Å². The van der Waals surface area contributed by atoms with Gasteiger partial charge in [0.05, 0.1) is 34.7 Å². The number of primary amides is 1. The van der Waals surface area contributed by atoms with E-state index < -0.39 is 35.6 Å². The number of esters is 3. The number of carbonyl (C=O) groups is 6. The van der Waals surface area contributed by atoms with Gasteiger partial charge < -0.3 is 19.9 Å². The van der Waals surface area contributed by atoms with E-state index in [-0.39, 0.29) is 74.9 Å². The van der Waals surface area contributed by atoms with Gasteiger partial charge in [0.1, 0.15) is 11.1 Å². The minimum atomic E-state index is -0.986. The number of amides is 3. The number of hydrogen-bond acceptors (Lipinski definition) is 13. The van der Waals surface area contributed by atoms with Gasteiger partial charge in [-0.05, 0) is 60.7 Å². The molecule has 1 saturated heterocycles. The lowest BCUT2D eigenvalue weighted by molar-refractivity contribution is -0.147. The van der Waals surface area contributed by atoms with Crippen LogP contribution in [0.5, 0.6) is 11.5 Å². The van der Waals surface area contributed by atoms with Crippen LogP contribution >= 0.6 is 47.0 Å². The summed E-state index contributed by atoms with van der Waals surface area (Å²) in [6.07, 6.45) is 8.43. The van der Waals surface area contributed by atoms with E-state index in [1.807, 2.05) is 34.6 Å². The van der Waals surface area contributed by atoms with Crippen LogP contribution in [-0.2, 0) is 33.5 Å². The second-order valence-corrected chi connectivity index (χ2v) is 24.3. The first-order chi connectivity index (χ1) is 30.0. The third kappa shape index (κ3) is 14.2. The van der Waals surface area contributed by atoms with Crippen LogP contribution in [-0.4, -0.2) is 65.3 Å².